The quantitative estimate of drug-likeness (QED) is 0.821. The molecule has 1 saturated heterocycles. The van der Waals surface area contributed by atoms with E-state index in [9.17, 15) is 19.5 Å². The van der Waals surface area contributed by atoms with E-state index in [4.69, 9.17) is 0 Å². The van der Waals surface area contributed by atoms with E-state index in [1.165, 1.54) is 12.0 Å². The number of alkyl carbamates (subject to hydrolysis) is 1. The van der Waals surface area contributed by atoms with Crippen LogP contribution in [-0.4, -0.2) is 53.7 Å². The molecule has 2 N–H and O–H groups in total. The van der Waals surface area contributed by atoms with E-state index < -0.39 is 29.6 Å². The monoisotopic (exact) mass is 326 g/mol. The van der Waals surface area contributed by atoms with Crippen LogP contribution in [0.1, 0.15) is 46.5 Å². The van der Waals surface area contributed by atoms with E-state index in [0.717, 1.165) is 19.3 Å². The van der Waals surface area contributed by atoms with Crippen molar-refractivity contribution in [1.82, 2.24) is 10.2 Å². The van der Waals surface area contributed by atoms with Crippen LogP contribution in [-0.2, 0) is 14.3 Å². The van der Waals surface area contributed by atoms with Crippen LogP contribution in [0.3, 0.4) is 0 Å². The topological polar surface area (TPSA) is 95.9 Å². The molecule has 23 heavy (non-hydrogen) atoms. The molecule has 7 nitrogen and oxygen atoms in total. The van der Waals surface area contributed by atoms with Crippen molar-refractivity contribution in [3.05, 3.63) is 0 Å². The Morgan fingerprint density at radius 1 is 1.26 bits per heavy atom. The predicted molar refractivity (Wildman–Crippen MR) is 82.8 cm³/mol. The SMILES string of the molecule is COC(=O)NC(C(=O)N1CCC2(CC2)C[C@H]1C(=O)O)C(C)(C)C. The van der Waals surface area contributed by atoms with Crippen molar-refractivity contribution >= 4 is 18.0 Å². The summed E-state index contributed by atoms with van der Waals surface area (Å²) in [5.41, 5.74) is -0.435. The van der Waals surface area contributed by atoms with Gasteiger partial charge in [-0.05, 0) is 36.5 Å². The second kappa shape index (κ2) is 6.02. The first kappa shape index (κ1) is 17.6. The number of rotatable bonds is 3. The molecule has 0 aromatic heterocycles. The maximum Gasteiger partial charge on any atom is 0.407 e. The highest BCUT2D eigenvalue weighted by Crippen LogP contribution is 2.55. The molecule has 1 aliphatic carbocycles. The molecular formula is C16H26N2O5. The first-order valence-electron chi connectivity index (χ1n) is 7.97. The van der Waals surface area contributed by atoms with Gasteiger partial charge in [0.2, 0.25) is 5.91 Å². The van der Waals surface area contributed by atoms with Crippen molar-refractivity contribution in [2.75, 3.05) is 13.7 Å². The molecule has 0 aromatic carbocycles. The third-order valence-electron chi connectivity index (χ3n) is 4.97. The Labute approximate surface area is 136 Å². The minimum atomic E-state index is -0.977. The lowest BCUT2D eigenvalue weighted by Gasteiger charge is -2.41. The van der Waals surface area contributed by atoms with Crippen LogP contribution in [0.5, 0.6) is 0 Å². The Bertz CT molecular complexity index is 507. The summed E-state index contributed by atoms with van der Waals surface area (Å²) in [7, 11) is 1.23. The Balaban J connectivity index is 2.20. The first-order valence-corrected chi connectivity index (χ1v) is 7.97. The maximum atomic E-state index is 12.9. The van der Waals surface area contributed by atoms with Crippen LogP contribution in [0, 0.1) is 10.8 Å². The average molecular weight is 326 g/mol. The molecule has 0 aromatic rings. The van der Waals surface area contributed by atoms with Gasteiger partial charge in [-0.3, -0.25) is 4.79 Å². The fourth-order valence-electron chi connectivity index (χ4n) is 3.24. The molecule has 1 unspecified atom stereocenters. The maximum absolute atomic E-state index is 12.9. The van der Waals surface area contributed by atoms with E-state index in [-0.39, 0.29) is 11.3 Å². The van der Waals surface area contributed by atoms with Gasteiger partial charge in [-0.2, -0.15) is 0 Å². The second-order valence-corrected chi connectivity index (χ2v) is 7.77. The predicted octanol–water partition coefficient (Wildman–Crippen LogP) is 1.61. The number of amides is 2. The summed E-state index contributed by atoms with van der Waals surface area (Å²) in [5, 5.41) is 12.1. The number of nitrogens with one attached hydrogen (secondary N) is 1. The lowest BCUT2D eigenvalue weighted by Crippen LogP contribution is -2.60. The third kappa shape index (κ3) is 3.76. The molecule has 1 aliphatic heterocycles. The number of hydrogen-bond acceptors (Lipinski definition) is 4. The summed E-state index contributed by atoms with van der Waals surface area (Å²) in [6.45, 7) is 5.90. The molecule has 0 bridgehead atoms. The zero-order valence-electron chi connectivity index (χ0n) is 14.2. The summed E-state index contributed by atoms with van der Waals surface area (Å²) in [6, 6.07) is -1.65. The number of likely N-dealkylation sites (tertiary alicyclic amines) is 1. The van der Waals surface area contributed by atoms with E-state index in [1.54, 1.807) is 0 Å². The molecule has 2 rings (SSSR count). The number of carbonyl (C=O) groups is 3. The van der Waals surface area contributed by atoms with E-state index in [1.807, 2.05) is 20.8 Å². The average Bonchev–Trinajstić information content (AvgIpc) is 3.21. The highest BCUT2D eigenvalue weighted by Gasteiger charge is 2.52. The minimum Gasteiger partial charge on any atom is -0.480 e. The van der Waals surface area contributed by atoms with Gasteiger partial charge in [0.05, 0.1) is 7.11 Å². The first-order chi connectivity index (χ1) is 10.6. The molecular weight excluding hydrogens is 300 g/mol. The third-order valence-corrected chi connectivity index (χ3v) is 4.97. The van der Waals surface area contributed by atoms with Crippen molar-refractivity contribution in [2.45, 2.75) is 58.5 Å². The number of carboxylic acid groups (broad SMARTS) is 1. The van der Waals surface area contributed by atoms with Crippen molar-refractivity contribution < 1.29 is 24.2 Å². The number of methoxy groups -OCH3 is 1. The number of ether oxygens (including phenoxy) is 1. The minimum absolute atomic E-state index is 0.118. The van der Waals surface area contributed by atoms with Crippen molar-refractivity contribution in [3.63, 3.8) is 0 Å². The summed E-state index contributed by atoms with van der Waals surface area (Å²) in [5.74, 6) is -1.33. The molecule has 2 amide bonds. The van der Waals surface area contributed by atoms with E-state index in [2.05, 4.69) is 10.1 Å². The van der Waals surface area contributed by atoms with Crippen LogP contribution < -0.4 is 5.32 Å². The van der Waals surface area contributed by atoms with Gasteiger partial charge >= 0.3 is 12.1 Å². The molecule has 1 heterocycles. The van der Waals surface area contributed by atoms with Gasteiger partial charge in [0, 0.05) is 6.54 Å². The molecule has 1 saturated carbocycles. The van der Waals surface area contributed by atoms with Crippen LogP contribution in [0.4, 0.5) is 4.79 Å². The number of hydrogen-bond donors (Lipinski definition) is 2. The standard InChI is InChI=1S/C16H26N2O5/c1-15(2,3)11(17-14(22)23-4)12(19)18-8-7-16(5-6-16)9-10(18)13(20)21/h10-11H,5-9H2,1-4H3,(H,17,22)(H,20,21)/t10-,11?/m0/s1. The van der Waals surface area contributed by atoms with Gasteiger partial charge in [0.1, 0.15) is 12.1 Å². The smallest absolute Gasteiger partial charge is 0.407 e. The molecule has 130 valence electrons. The highest BCUT2D eigenvalue weighted by molar-refractivity contribution is 5.90. The summed E-state index contributed by atoms with van der Waals surface area (Å²) >= 11 is 0. The molecule has 1 spiro atoms. The number of aliphatic carboxylic acids is 1. The fraction of sp³-hybridized carbons (Fsp3) is 0.812. The Kier molecular flexibility index (Phi) is 4.59. The molecule has 2 aliphatic rings. The Morgan fingerprint density at radius 3 is 2.30 bits per heavy atom. The van der Waals surface area contributed by atoms with E-state index in [0.29, 0.717) is 13.0 Å². The number of piperidine rings is 1. The second-order valence-electron chi connectivity index (χ2n) is 7.77. The summed E-state index contributed by atoms with van der Waals surface area (Å²) in [6.07, 6.45) is 2.73. The lowest BCUT2D eigenvalue weighted by molar-refractivity contribution is -0.155. The normalized spacial score (nSPS) is 24.0. The molecule has 0 radical (unpaired) electrons. The lowest BCUT2D eigenvalue weighted by atomic mass is 9.83. The van der Waals surface area contributed by atoms with Crippen LogP contribution in [0.15, 0.2) is 0 Å². The van der Waals surface area contributed by atoms with Gasteiger partial charge in [0.15, 0.2) is 0 Å². The van der Waals surface area contributed by atoms with Gasteiger partial charge < -0.3 is 20.1 Å². The number of nitrogens with zero attached hydrogens (tertiary/aromatic N) is 1. The number of carbonyl (C=O) groups excluding carboxylic acids is 2. The highest BCUT2D eigenvalue weighted by atomic mass is 16.5. The zero-order chi connectivity index (χ0) is 17.4. The zero-order valence-corrected chi connectivity index (χ0v) is 14.2. The Hall–Kier alpha value is -1.79. The fourth-order valence-corrected chi connectivity index (χ4v) is 3.24. The summed E-state index contributed by atoms with van der Waals surface area (Å²) in [4.78, 5) is 37.5. The molecule has 7 heteroatoms. The van der Waals surface area contributed by atoms with Crippen LogP contribution >= 0.6 is 0 Å². The van der Waals surface area contributed by atoms with Gasteiger partial charge in [0.25, 0.3) is 0 Å². The van der Waals surface area contributed by atoms with Gasteiger partial charge in [-0.1, -0.05) is 20.8 Å². The van der Waals surface area contributed by atoms with Gasteiger partial charge in [-0.15, -0.1) is 0 Å². The molecule has 2 atom stereocenters. The van der Waals surface area contributed by atoms with Crippen molar-refractivity contribution in [1.29, 1.82) is 0 Å². The van der Waals surface area contributed by atoms with Crippen LogP contribution in [0.2, 0.25) is 0 Å². The van der Waals surface area contributed by atoms with Crippen molar-refractivity contribution in [3.8, 4) is 0 Å². The Morgan fingerprint density at radius 2 is 1.87 bits per heavy atom. The van der Waals surface area contributed by atoms with Gasteiger partial charge in [-0.25, -0.2) is 9.59 Å². The largest absolute Gasteiger partial charge is 0.480 e. The van der Waals surface area contributed by atoms with Crippen molar-refractivity contribution in [2.24, 2.45) is 10.8 Å². The van der Waals surface area contributed by atoms with Crippen LogP contribution in [0.25, 0.3) is 0 Å². The summed E-state index contributed by atoms with van der Waals surface area (Å²) < 4.78 is 4.59. The van der Waals surface area contributed by atoms with E-state index >= 15 is 0 Å². The number of carboxylic acids is 1. The molecule has 2 fully saturated rings.